The number of aliphatic imine (C=N–C) groups is 1. The molecule has 11 heavy (non-hydrogen) atoms. The maximum Gasteiger partial charge on any atom is 0.105 e. The van der Waals surface area contributed by atoms with Crippen LogP contribution < -0.4 is 0 Å². The van der Waals surface area contributed by atoms with Crippen molar-refractivity contribution in [2.24, 2.45) is 4.99 Å². The third-order valence-corrected chi connectivity index (χ3v) is 1.77. The average molecular weight is 154 g/mol. The Morgan fingerprint density at radius 1 is 1.82 bits per heavy atom. The molecule has 62 valence electrons. The van der Waals surface area contributed by atoms with Crippen LogP contribution in [0.1, 0.15) is 6.92 Å². The maximum atomic E-state index is 5.01. The van der Waals surface area contributed by atoms with Crippen molar-refractivity contribution in [2.75, 3.05) is 26.2 Å². The van der Waals surface area contributed by atoms with Crippen molar-refractivity contribution in [1.82, 2.24) is 4.90 Å². The van der Waals surface area contributed by atoms with Crippen molar-refractivity contribution in [2.45, 2.75) is 6.92 Å². The fourth-order valence-corrected chi connectivity index (χ4v) is 1.11. The van der Waals surface area contributed by atoms with E-state index in [-0.39, 0.29) is 0 Å². The molecule has 1 aliphatic rings. The van der Waals surface area contributed by atoms with Gasteiger partial charge in [0, 0.05) is 6.54 Å². The van der Waals surface area contributed by atoms with Crippen molar-refractivity contribution in [3.8, 4) is 0 Å². The van der Waals surface area contributed by atoms with Crippen molar-refractivity contribution >= 4 is 5.84 Å². The van der Waals surface area contributed by atoms with Crippen LogP contribution in [0.4, 0.5) is 0 Å². The van der Waals surface area contributed by atoms with Crippen LogP contribution in [0, 0.1) is 0 Å². The lowest BCUT2D eigenvalue weighted by Crippen LogP contribution is -2.28. The third kappa shape index (κ3) is 2.26. The summed E-state index contributed by atoms with van der Waals surface area (Å²) in [6.07, 6.45) is 1.47. The molecule has 0 aliphatic carbocycles. The molecule has 0 aromatic rings. The highest BCUT2D eigenvalue weighted by Gasteiger charge is 2.10. The van der Waals surface area contributed by atoms with E-state index in [4.69, 9.17) is 4.74 Å². The minimum absolute atomic E-state index is 0.705. The van der Waals surface area contributed by atoms with Crippen molar-refractivity contribution in [3.63, 3.8) is 0 Å². The Hall–Kier alpha value is -0.990. The summed E-state index contributed by atoms with van der Waals surface area (Å²) < 4.78 is 5.01. The Morgan fingerprint density at radius 2 is 2.64 bits per heavy atom. The van der Waals surface area contributed by atoms with E-state index in [2.05, 4.69) is 16.5 Å². The molecule has 0 amide bonds. The number of nitrogens with zero attached hydrogens (tertiary/aromatic N) is 2. The molecule has 3 nitrogen and oxygen atoms in total. The van der Waals surface area contributed by atoms with Gasteiger partial charge in [0.1, 0.15) is 6.61 Å². The molecule has 0 radical (unpaired) electrons. The first-order valence-corrected chi connectivity index (χ1v) is 3.83. The smallest absolute Gasteiger partial charge is 0.105 e. The second-order valence-corrected chi connectivity index (χ2v) is 2.45. The van der Waals surface area contributed by atoms with Crippen molar-refractivity contribution in [1.29, 1.82) is 0 Å². The van der Waals surface area contributed by atoms with E-state index in [1.54, 1.807) is 0 Å². The largest absolute Gasteiger partial charge is 0.500 e. The Kier molecular flexibility index (Phi) is 2.95. The zero-order valence-electron chi connectivity index (χ0n) is 6.92. The zero-order valence-corrected chi connectivity index (χ0v) is 6.92. The summed E-state index contributed by atoms with van der Waals surface area (Å²) in [6.45, 7) is 9.09. The van der Waals surface area contributed by atoms with Gasteiger partial charge in [0.25, 0.3) is 0 Å². The van der Waals surface area contributed by atoms with Gasteiger partial charge >= 0.3 is 0 Å². The second kappa shape index (κ2) is 4.01. The topological polar surface area (TPSA) is 24.8 Å². The third-order valence-electron chi connectivity index (χ3n) is 1.77. The summed E-state index contributed by atoms with van der Waals surface area (Å²) in [7, 11) is 0. The summed E-state index contributed by atoms with van der Waals surface area (Å²) in [5.74, 6) is 1.12. The molecule has 0 unspecified atom stereocenters. The summed E-state index contributed by atoms with van der Waals surface area (Å²) >= 11 is 0. The Bertz CT molecular complexity index is 165. The lowest BCUT2D eigenvalue weighted by molar-refractivity contribution is 0.223. The van der Waals surface area contributed by atoms with Crippen molar-refractivity contribution in [3.05, 3.63) is 12.8 Å². The molecular weight excluding hydrogens is 140 g/mol. The molecular formula is C8H14N2O. The molecule has 1 heterocycles. The van der Waals surface area contributed by atoms with Gasteiger partial charge in [-0.2, -0.15) is 0 Å². The molecule has 0 bridgehead atoms. The summed E-state index contributed by atoms with van der Waals surface area (Å²) in [6, 6.07) is 0. The molecule has 0 aromatic heterocycles. The van der Waals surface area contributed by atoms with E-state index in [1.807, 2.05) is 6.92 Å². The lowest BCUT2D eigenvalue weighted by Gasteiger charge is -2.16. The van der Waals surface area contributed by atoms with Gasteiger partial charge in [0.05, 0.1) is 25.2 Å². The molecule has 0 fully saturated rings. The first kappa shape index (κ1) is 8.11. The van der Waals surface area contributed by atoms with Gasteiger partial charge < -0.3 is 9.64 Å². The highest BCUT2D eigenvalue weighted by Crippen LogP contribution is 1.99. The van der Waals surface area contributed by atoms with Crippen LogP contribution in [0.25, 0.3) is 0 Å². The van der Waals surface area contributed by atoms with Crippen molar-refractivity contribution < 1.29 is 4.74 Å². The summed E-state index contributed by atoms with van der Waals surface area (Å²) in [4.78, 5) is 6.47. The number of hydrogen-bond donors (Lipinski definition) is 0. The predicted molar refractivity (Wildman–Crippen MR) is 45.7 cm³/mol. The highest BCUT2D eigenvalue weighted by atomic mass is 16.5. The van der Waals surface area contributed by atoms with Gasteiger partial charge in [-0.1, -0.05) is 6.58 Å². The summed E-state index contributed by atoms with van der Waals surface area (Å²) in [5, 5.41) is 0. The number of ether oxygens (including phenoxy) is 1. The molecule has 0 saturated carbocycles. The van der Waals surface area contributed by atoms with Gasteiger partial charge in [-0.3, -0.25) is 4.99 Å². The fourth-order valence-electron chi connectivity index (χ4n) is 1.11. The van der Waals surface area contributed by atoms with E-state index in [1.165, 1.54) is 6.26 Å². The van der Waals surface area contributed by atoms with Crippen LogP contribution in [-0.2, 0) is 4.74 Å². The second-order valence-electron chi connectivity index (χ2n) is 2.45. The van der Waals surface area contributed by atoms with E-state index in [0.717, 1.165) is 25.5 Å². The first-order chi connectivity index (χ1) is 5.34. The molecule has 1 rings (SSSR count). The monoisotopic (exact) mass is 154 g/mol. The molecule has 3 heteroatoms. The zero-order chi connectivity index (χ0) is 8.10. The normalized spacial score (nSPS) is 16.5. The minimum Gasteiger partial charge on any atom is -0.500 e. The number of rotatable bonds is 4. The predicted octanol–water partition coefficient (Wildman–Crippen LogP) is 0.880. The van der Waals surface area contributed by atoms with Crippen LogP contribution >= 0.6 is 0 Å². The molecule has 0 atom stereocenters. The molecule has 0 aromatic carbocycles. The molecule has 0 N–H and O–H groups in total. The SMILES string of the molecule is C=COCCN1CCN=C1C. The minimum atomic E-state index is 0.705. The quantitative estimate of drug-likeness (QED) is 0.443. The molecule has 0 spiro atoms. The standard InChI is InChI=1S/C8H14N2O/c1-3-11-7-6-10-5-4-9-8(10)2/h3H,1,4-7H2,2H3. The van der Waals surface area contributed by atoms with Gasteiger partial charge in [-0.15, -0.1) is 0 Å². The van der Waals surface area contributed by atoms with Crippen LogP contribution in [0.15, 0.2) is 17.8 Å². The van der Waals surface area contributed by atoms with E-state index < -0.39 is 0 Å². The first-order valence-electron chi connectivity index (χ1n) is 3.83. The van der Waals surface area contributed by atoms with E-state index in [0.29, 0.717) is 6.61 Å². The summed E-state index contributed by atoms with van der Waals surface area (Å²) in [5.41, 5.74) is 0. The van der Waals surface area contributed by atoms with Gasteiger partial charge in [-0.05, 0) is 6.92 Å². The molecule has 1 aliphatic heterocycles. The Balaban J connectivity index is 2.16. The molecule has 0 saturated heterocycles. The van der Waals surface area contributed by atoms with Gasteiger partial charge in [0.2, 0.25) is 0 Å². The van der Waals surface area contributed by atoms with E-state index in [9.17, 15) is 0 Å². The lowest BCUT2D eigenvalue weighted by atomic mass is 10.5. The fraction of sp³-hybridized carbons (Fsp3) is 0.625. The maximum absolute atomic E-state index is 5.01. The van der Waals surface area contributed by atoms with Crippen LogP contribution in [0.3, 0.4) is 0 Å². The van der Waals surface area contributed by atoms with Gasteiger partial charge in [0.15, 0.2) is 0 Å². The Labute approximate surface area is 67.4 Å². The van der Waals surface area contributed by atoms with E-state index >= 15 is 0 Å². The average Bonchev–Trinajstić information content (AvgIpc) is 2.37. The Morgan fingerprint density at radius 3 is 3.18 bits per heavy atom. The van der Waals surface area contributed by atoms with Crippen LogP contribution in [0.5, 0.6) is 0 Å². The highest BCUT2D eigenvalue weighted by molar-refractivity contribution is 5.81. The number of hydrogen-bond acceptors (Lipinski definition) is 3. The van der Waals surface area contributed by atoms with Gasteiger partial charge in [-0.25, -0.2) is 0 Å². The van der Waals surface area contributed by atoms with Crippen LogP contribution in [0.2, 0.25) is 0 Å². The van der Waals surface area contributed by atoms with Crippen LogP contribution in [-0.4, -0.2) is 37.0 Å². The number of amidine groups is 1.